The van der Waals surface area contributed by atoms with Crippen LogP contribution >= 0.6 is 27.5 Å². The third-order valence-electron chi connectivity index (χ3n) is 2.43. The van der Waals surface area contributed by atoms with E-state index in [9.17, 15) is 0 Å². The second kappa shape index (κ2) is 4.94. The number of anilines is 3. The number of hydrogen-bond donors (Lipinski definition) is 2. The number of nitrogens with one attached hydrogen (secondary N) is 1. The van der Waals surface area contributed by atoms with Gasteiger partial charge in [-0.15, -0.1) is 0 Å². The first kappa shape index (κ1) is 12.2. The fourth-order valence-electron chi connectivity index (χ4n) is 1.37. The highest BCUT2D eigenvalue weighted by Crippen LogP contribution is 2.31. The number of benzene rings is 1. The topological polar surface area (TPSA) is 50.9 Å². The first-order valence-corrected chi connectivity index (χ1v) is 6.19. The van der Waals surface area contributed by atoms with Crippen LogP contribution in [0.25, 0.3) is 0 Å². The molecule has 5 heteroatoms. The largest absolute Gasteiger partial charge is 0.397 e. The van der Waals surface area contributed by atoms with Gasteiger partial charge in [-0.1, -0.05) is 23.7 Å². The second-order valence-corrected chi connectivity index (χ2v) is 4.81. The van der Waals surface area contributed by atoms with Crippen molar-refractivity contribution in [1.82, 2.24) is 4.98 Å². The number of nitrogen functional groups attached to an aromatic ring is 1. The molecule has 0 bridgehead atoms. The van der Waals surface area contributed by atoms with Crippen LogP contribution in [0, 0.1) is 6.92 Å². The van der Waals surface area contributed by atoms with E-state index in [1.807, 2.05) is 31.2 Å². The number of aromatic nitrogens is 1. The molecule has 1 heterocycles. The van der Waals surface area contributed by atoms with E-state index in [0.29, 0.717) is 16.5 Å². The average Bonchev–Trinajstić information content (AvgIpc) is 2.32. The van der Waals surface area contributed by atoms with Crippen molar-refractivity contribution in [3.63, 3.8) is 0 Å². The van der Waals surface area contributed by atoms with Gasteiger partial charge in [-0.3, -0.25) is 0 Å². The van der Waals surface area contributed by atoms with Crippen molar-refractivity contribution in [2.75, 3.05) is 11.1 Å². The van der Waals surface area contributed by atoms with Crippen LogP contribution in [0.3, 0.4) is 0 Å². The van der Waals surface area contributed by atoms with Crippen molar-refractivity contribution in [1.29, 1.82) is 0 Å². The Hall–Kier alpha value is -1.26. The molecule has 0 unspecified atom stereocenters. The zero-order valence-electron chi connectivity index (χ0n) is 9.17. The number of halogens is 2. The number of nitrogens with two attached hydrogens (primary N) is 1. The average molecular weight is 313 g/mol. The molecule has 0 saturated carbocycles. The van der Waals surface area contributed by atoms with E-state index in [1.54, 1.807) is 6.20 Å². The second-order valence-electron chi connectivity index (χ2n) is 3.61. The summed E-state index contributed by atoms with van der Waals surface area (Å²) < 4.78 is 0.845. The molecule has 0 amide bonds. The van der Waals surface area contributed by atoms with Gasteiger partial charge in [-0.05, 0) is 40.5 Å². The van der Waals surface area contributed by atoms with Crippen LogP contribution in [0.1, 0.15) is 5.56 Å². The Balaban J connectivity index is 2.38. The lowest BCUT2D eigenvalue weighted by Gasteiger charge is -2.11. The first-order chi connectivity index (χ1) is 8.09. The molecular formula is C12H11BrClN3. The standard InChI is InChI=1S/C12H11BrClN3/c1-7-9(15)6-16-12(11(7)13)17-10-5-3-2-4-8(10)14/h2-6H,15H2,1H3,(H,16,17). The van der Waals surface area contributed by atoms with Gasteiger partial charge in [-0.25, -0.2) is 4.98 Å². The Bertz CT molecular complexity index is 557. The van der Waals surface area contributed by atoms with Gasteiger partial charge in [0.1, 0.15) is 5.82 Å². The minimum Gasteiger partial charge on any atom is -0.397 e. The molecule has 0 aliphatic carbocycles. The molecule has 2 aromatic rings. The molecule has 0 atom stereocenters. The minimum atomic E-state index is 0.649. The maximum absolute atomic E-state index is 6.07. The third-order valence-corrected chi connectivity index (χ3v) is 3.73. The summed E-state index contributed by atoms with van der Waals surface area (Å²) in [6, 6.07) is 7.50. The van der Waals surface area contributed by atoms with Gasteiger partial charge < -0.3 is 11.1 Å². The maximum atomic E-state index is 6.07. The lowest BCUT2D eigenvalue weighted by molar-refractivity contribution is 1.25. The predicted molar refractivity (Wildman–Crippen MR) is 75.8 cm³/mol. The minimum absolute atomic E-state index is 0.649. The summed E-state index contributed by atoms with van der Waals surface area (Å²) in [7, 11) is 0. The van der Waals surface area contributed by atoms with Gasteiger partial charge in [0.2, 0.25) is 0 Å². The molecule has 0 aliphatic rings. The molecule has 1 aromatic heterocycles. The van der Waals surface area contributed by atoms with E-state index >= 15 is 0 Å². The molecule has 1 aromatic carbocycles. The van der Waals surface area contributed by atoms with Crippen LogP contribution in [0.2, 0.25) is 5.02 Å². The highest BCUT2D eigenvalue weighted by molar-refractivity contribution is 9.10. The van der Waals surface area contributed by atoms with Gasteiger partial charge in [0, 0.05) is 0 Å². The fraction of sp³-hybridized carbons (Fsp3) is 0.0833. The van der Waals surface area contributed by atoms with E-state index in [0.717, 1.165) is 15.7 Å². The van der Waals surface area contributed by atoms with Crippen molar-refractivity contribution in [3.8, 4) is 0 Å². The van der Waals surface area contributed by atoms with Crippen LogP contribution in [0.5, 0.6) is 0 Å². The zero-order valence-corrected chi connectivity index (χ0v) is 11.5. The van der Waals surface area contributed by atoms with Gasteiger partial charge in [0.05, 0.1) is 27.1 Å². The highest BCUT2D eigenvalue weighted by atomic mass is 79.9. The smallest absolute Gasteiger partial charge is 0.145 e. The Morgan fingerprint density at radius 1 is 1.35 bits per heavy atom. The molecule has 2 rings (SSSR count). The van der Waals surface area contributed by atoms with E-state index in [4.69, 9.17) is 17.3 Å². The predicted octanol–water partition coefficient (Wildman–Crippen LogP) is 4.13. The molecule has 0 spiro atoms. The Kier molecular flexibility index (Phi) is 3.54. The Morgan fingerprint density at radius 2 is 2.06 bits per heavy atom. The Labute approximate surface area is 113 Å². The summed E-state index contributed by atoms with van der Waals surface area (Å²) >= 11 is 9.53. The lowest BCUT2D eigenvalue weighted by atomic mass is 10.2. The number of rotatable bonds is 2. The lowest BCUT2D eigenvalue weighted by Crippen LogP contribution is -1.99. The van der Waals surface area contributed by atoms with Crippen molar-refractivity contribution in [2.24, 2.45) is 0 Å². The summed E-state index contributed by atoms with van der Waals surface area (Å²) in [5, 5.41) is 3.81. The molecule has 0 aliphatic heterocycles. The molecule has 3 N–H and O–H groups in total. The molecular weight excluding hydrogens is 302 g/mol. The molecule has 0 fully saturated rings. The van der Waals surface area contributed by atoms with Gasteiger partial charge in [0.25, 0.3) is 0 Å². The monoisotopic (exact) mass is 311 g/mol. The van der Waals surface area contributed by atoms with Crippen molar-refractivity contribution < 1.29 is 0 Å². The molecule has 88 valence electrons. The van der Waals surface area contributed by atoms with E-state index in [-0.39, 0.29) is 0 Å². The molecule has 17 heavy (non-hydrogen) atoms. The van der Waals surface area contributed by atoms with Crippen LogP contribution in [-0.2, 0) is 0 Å². The SMILES string of the molecule is Cc1c(N)cnc(Nc2ccccc2Cl)c1Br. The van der Waals surface area contributed by atoms with Gasteiger partial charge in [0.15, 0.2) is 0 Å². The maximum Gasteiger partial charge on any atom is 0.145 e. The summed E-state index contributed by atoms with van der Waals surface area (Å²) in [6.45, 7) is 1.93. The number of hydrogen-bond acceptors (Lipinski definition) is 3. The summed E-state index contributed by atoms with van der Waals surface area (Å²) in [5.41, 5.74) is 8.19. The van der Waals surface area contributed by atoms with Gasteiger partial charge >= 0.3 is 0 Å². The van der Waals surface area contributed by atoms with Crippen LogP contribution in [0.15, 0.2) is 34.9 Å². The number of nitrogens with zero attached hydrogens (tertiary/aromatic N) is 1. The molecule has 0 radical (unpaired) electrons. The quantitative estimate of drug-likeness (QED) is 0.876. The molecule has 0 saturated heterocycles. The zero-order chi connectivity index (χ0) is 12.4. The third kappa shape index (κ3) is 2.53. The van der Waals surface area contributed by atoms with Crippen molar-refractivity contribution >= 4 is 44.7 Å². The summed E-state index contributed by atoms with van der Waals surface area (Å²) in [4.78, 5) is 4.23. The number of para-hydroxylation sites is 1. The van der Waals surface area contributed by atoms with Crippen LogP contribution in [-0.4, -0.2) is 4.98 Å². The molecule has 3 nitrogen and oxygen atoms in total. The van der Waals surface area contributed by atoms with Crippen molar-refractivity contribution in [2.45, 2.75) is 6.92 Å². The van der Waals surface area contributed by atoms with Crippen molar-refractivity contribution in [3.05, 3.63) is 45.5 Å². The normalized spacial score (nSPS) is 10.3. The highest BCUT2D eigenvalue weighted by Gasteiger charge is 2.08. The van der Waals surface area contributed by atoms with E-state index < -0.39 is 0 Å². The first-order valence-electron chi connectivity index (χ1n) is 5.01. The fourth-order valence-corrected chi connectivity index (χ4v) is 1.98. The van der Waals surface area contributed by atoms with Crippen LogP contribution < -0.4 is 11.1 Å². The van der Waals surface area contributed by atoms with E-state index in [2.05, 4.69) is 26.2 Å². The number of pyridine rings is 1. The Morgan fingerprint density at radius 3 is 2.76 bits per heavy atom. The summed E-state index contributed by atoms with van der Waals surface area (Å²) in [6.07, 6.45) is 1.62. The van der Waals surface area contributed by atoms with E-state index in [1.165, 1.54) is 0 Å². The summed E-state index contributed by atoms with van der Waals surface area (Å²) in [5.74, 6) is 0.699. The van der Waals surface area contributed by atoms with Gasteiger partial charge in [-0.2, -0.15) is 0 Å². The van der Waals surface area contributed by atoms with Crippen LogP contribution in [0.4, 0.5) is 17.2 Å².